The van der Waals surface area contributed by atoms with Crippen LogP contribution in [-0.2, 0) is 6.54 Å². The fourth-order valence-corrected chi connectivity index (χ4v) is 1.77. The first-order chi connectivity index (χ1) is 9.25. The number of halogens is 1. The van der Waals surface area contributed by atoms with Crippen molar-refractivity contribution in [1.82, 2.24) is 14.9 Å². The molecule has 0 saturated carbocycles. The number of nitrogens with one attached hydrogen (secondary N) is 1. The number of hydrogen-bond acceptors (Lipinski definition) is 2. The van der Waals surface area contributed by atoms with Crippen molar-refractivity contribution in [2.75, 3.05) is 6.54 Å². The number of rotatable bonds is 6. The molecule has 0 unspecified atom stereocenters. The predicted octanol–water partition coefficient (Wildman–Crippen LogP) is 2.23. The Balaban J connectivity index is 1.67. The van der Waals surface area contributed by atoms with Gasteiger partial charge in [0.05, 0.1) is 6.33 Å². The fourth-order valence-electron chi connectivity index (χ4n) is 1.77. The SMILES string of the molecule is O=C(NCCCCn1ccnc1)c1cccc(F)c1. The summed E-state index contributed by atoms with van der Waals surface area (Å²) in [6.07, 6.45) is 7.25. The van der Waals surface area contributed by atoms with E-state index in [4.69, 9.17) is 0 Å². The van der Waals surface area contributed by atoms with Gasteiger partial charge in [-0.05, 0) is 31.0 Å². The molecule has 19 heavy (non-hydrogen) atoms. The van der Waals surface area contributed by atoms with Crippen molar-refractivity contribution in [3.8, 4) is 0 Å². The third kappa shape index (κ3) is 4.21. The maximum atomic E-state index is 12.9. The van der Waals surface area contributed by atoms with Crippen LogP contribution in [0, 0.1) is 5.82 Å². The number of imidazole rings is 1. The van der Waals surface area contributed by atoms with Crippen molar-refractivity contribution in [2.24, 2.45) is 0 Å². The van der Waals surface area contributed by atoms with E-state index in [0.717, 1.165) is 19.4 Å². The molecule has 0 aliphatic rings. The van der Waals surface area contributed by atoms with E-state index in [9.17, 15) is 9.18 Å². The molecule has 4 nitrogen and oxygen atoms in total. The average molecular weight is 261 g/mol. The van der Waals surface area contributed by atoms with Crippen LogP contribution in [0.4, 0.5) is 4.39 Å². The number of carbonyl (C=O) groups excluding carboxylic acids is 1. The van der Waals surface area contributed by atoms with Crippen LogP contribution in [0.1, 0.15) is 23.2 Å². The minimum atomic E-state index is -0.396. The summed E-state index contributed by atoms with van der Waals surface area (Å²) in [7, 11) is 0. The molecule has 1 aromatic carbocycles. The van der Waals surface area contributed by atoms with Gasteiger partial charge in [-0.3, -0.25) is 4.79 Å². The highest BCUT2D eigenvalue weighted by Gasteiger charge is 2.04. The quantitative estimate of drug-likeness (QED) is 0.811. The molecule has 1 heterocycles. The van der Waals surface area contributed by atoms with E-state index in [1.165, 1.54) is 18.2 Å². The molecule has 1 N–H and O–H groups in total. The Hall–Kier alpha value is -2.17. The molecule has 0 radical (unpaired) electrons. The first-order valence-electron chi connectivity index (χ1n) is 6.25. The predicted molar refractivity (Wildman–Crippen MR) is 70.2 cm³/mol. The molecule has 0 saturated heterocycles. The monoisotopic (exact) mass is 261 g/mol. The van der Waals surface area contributed by atoms with Gasteiger partial charge in [0.2, 0.25) is 0 Å². The van der Waals surface area contributed by atoms with Crippen molar-refractivity contribution < 1.29 is 9.18 Å². The Morgan fingerprint density at radius 3 is 3.00 bits per heavy atom. The van der Waals surface area contributed by atoms with Crippen LogP contribution in [0.25, 0.3) is 0 Å². The first kappa shape index (κ1) is 13.3. The van der Waals surface area contributed by atoms with Crippen LogP contribution in [-0.4, -0.2) is 22.0 Å². The number of aromatic nitrogens is 2. The molecule has 0 aliphatic carbocycles. The molecule has 2 rings (SSSR count). The van der Waals surface area contributed by atoms with Crippen LogP contribution in [0.2, 0.25) is 0 Å². The maximum Gasteiger partial charge on any atom is 0.251 e. The fraction of sp³-hybridized carbons (Fsp3) is 0.286. The molecule has 0 spiro atoms. The van der Waals surface area contributed by atoms with E-state index in [-0.39, 0.29) is 5.91 Å². The Bertz CT molecular complexity index is 525. The van der Waals surface area contributed by atoms with E-state index in [1.807, 2.05) is 10.8 Å². The van der Waals surface area contributed by atoms with Crippen molar-refractivity contribution >= 4 is 5.91 Å². The number of carbonyl (C=O) groups is 1. The normalized spacial score (nSPS) is 10.4. The van der Waals surface area contributed by atoms with Crippen LogP contribution in [0.5, 0.6) is 0 Å². The molecule has 5 heteroatoms. The summed E-state index contributed by atoms with van der Waals surface area (Å²) in [5.74, 6) is -0.630. The third-order valence-electron chi connectivity index (χ3n) is 2.77. The number of unbranched alkanes of at least 4 members (excludes halogenated alkanes) is 1. The van der Waals surface area contributed by atoms with Crippen LogP contribution >= 0.6 is 0 Å². The second-order valence-electron chi connectivity index (χ2n) is 4.27. The minimum Gasteiger partial charge on any atom is -0.352 e. The van der Waals surface area contributed by atoms with Crippen molar-refractivity contribution in [3.05, 3.63) is 54.4 Å². The highest BCUT2D eigenvalue weighted by atomic mass is 19.1. The van der Waals surface area contributed by atoms with Crippen molar-refractivity contribution in [1.29, 1.82) is 0 Å². The molecule has 100 valence electrons. The molecule has 1 aromatic heterocycles. The number of nitrogens with zero attached hydrogens (tertiary/aromatic N) is 2. The van der Waals surface area contributed by atoms with Crippen LogP contribution < -0.4 is 5.32 Å². The van der Waals surface area contributed by atoms with Gasteiger partial charge in [0.25, 0.3) is 5.91 Å². The number of benzene rings is 1. The average Bonchev–Trinajstić information content (AvgIpc) is 2.91. The highest BCUT2D eigenvalue weighted by Crippen LogP contribution is 2.03. The smallest absolute Gasteiger partial charge is 0.251 e. The van der Waals surface area contributed by atoms with Crippen LogP contribution in [0.3, 0.4) is 0 Å². The zero-order valence-corrected chi connectivity index (χ0v) is 10.6. The summed E-state index contributed by atoms with van der Waals surface area (Å²) in [5, 5.41) is 2.78. The van der Waals surface area contributed by atoms with Gasteiger partial charge in [0.1, 0.15) is 5.82 Å². The summed E-state index contributed by atoms with van der Waals surface area (Å²) in [6, 6.07) is 5.69. The van der Waals surface area contributed by atoms with E-state index < -0.39 is 5.82 Å². The maximum absolute atomic E-state index is 12.9. The largest absolute Gasteiger partial charge is 0.352 e. The Morgan fingerprint density at radius 1 is 1.37 bits per heavy atom. The minimum absolute atomic E-state index is 0.234. The zero-order chi connectivity index (χ0) is 13.5. The lowest BCUT2D eigenvalue weighted by molar-refractivity contribution is 0.0952. The van der Waals surface area contributed by atoms with E-state index in [2.05, 4.69) is 10.3 Å². The molecular formula is C14H16FN3O. The van der Waals surface area contributed by atoms with Gasteiger partial charge in [-0.1, -0.05) is 6.07 Å². The van der Waals surface area contributed by atoms with Gasteiger partial charge >= 0.3 is 0 Å². The standard InChI is InChI=1S/C14H16FN3O/c15-13-5-3-4-12(10-13)14(19)17-6-1-2-8-18-9-7-16-11-18/h3-5,7,9-11H,1-2,6,8H2,(H,17,19). The lowest BCUT2D eigenvalue weighted by atomic mass is 10.2. The summed E-state index contributed by atoms with van der Waals surface area (Å²) in [4.78, 5) is 15.7. The van der Waals surface area contributed by atoms with Gasteiger partial charge < -0.3 is 9.88 Å². The summed E-state index contributed by atoms with van der Waals surface area (Å²) < 4.78 is 14.9. The Kier molecular flexibility index (Phi) is 4.66. The van der Waals surface area contributed by atoms with Crippen molar-refractivity contribution in [2.45, 2.75) is 19.4 Å². The number of amides is 1. The lowest BCUT2D eigenvalue weighted by Crippen LogP contribution is -2.24. The molecule has 0 fully saturated rings. The van der Waals surface area contributed by atoms with Gasteiger partial charge in [0, 0.05) is 31.0 Å². The van der Waals surface area contributed by atoms with E-state index in [0.29, 0.717) is 12.1 Å². The van der Waals surface area contributed by atoms with Gasteiger partial charge in [-0.25, -0.2) is 9.37 Å². The second kappa shape index (κ2) is 6.68. The Morgan fingerprint density at radius 2 is 2.26 bits per heavy atom. The van der Waals surface area contributed by atoms with Crippen LogP contribution in [0.15, 0.2) is 43.0 Å². The highest BCUT2D eigenvalue weighted by molar-refractivity contribution is 5.94. The first-order valence-corrected chi connectivity index (χ1v) is 6.25. The van der Waals surface area contributed by atoms with Gasteiger partial charge in [-0.2, -0.15) is 0 Å². The molecule has 0 aliphatic heterocycles. The third-order valence-corrected chi connectivity index (χ3v) is 2.77. The number of hydrogen-bond donors (Lipinski definition) is 1. The van der Waals surface area contributed by atoms with E-state index in [1.54, 1.807) is 18.6 Å². The summed E-state index contributed by atoms with van der Waals surface area (Å²) >= 11 is 0. The molecule has 0 atom stereocenters. The molecular weight excluding hydrogens is 245 g/mol. The Labute approximate surface area is 111 Å². The zero-order valence-electron chi connectivity index (χ0n) is 10.6. The molecule has 1 amide bonds. The van der Waals surface area contributed by atoms with E-state index >= 15 is 0 Å². The topological polar surface area (TPSA) is 46.9 Å². The lowest BCUT2D eigenvalue weighted by Gasteiger charge is -2.05. The number of aryl methyl sites for hydroxylation is 1. The molecule has 0 bridgehead atoms. The van der Waals surface area contributed by atoms with Gasteiger partial charge in [0.15, 0.2) is 0 Å². The summed E-state index contributed by atoms with van der Waals surface area (Å²) in [6.45, 7) is 1.47. The molecule has 2 aromatic rings. The summed E-state index contributed by atoms with van der Waals surface area (Å²) in [5.41, 5.74) is 0.356. The van der Waals surface area contributed by atoms with Crippen molar-refractivity contribution in [3.63, 3.8) is 0 Å². The second-order valence-corrected chi connectivity index (χ2v) is 4.27. The van der Waals surface area contributed by atoms with Gasteiger partial charge in [-0.15, -0.1) is 0 Å².